The molecule has 0 bridgehead atoms. The minimum absolute atomic E-state index is 0.101. The van der Waals surface area contributed by atoms with E-state index in [9.17, 15) is 14.9 Å². The molecule has 1 aliphatic rings. The highest BCUT2D eigenvalue weighted by Gasteiger charge is 2.29. The van der Waals surface area contributed by atoms with E-state index in [0.29, 0.717) is 11.1 Å². The van der Waals surface area contributed by atoms with Crippen molar-refractivity contribution in [2.45, 2.75) is 37.8 Å². The predicted molar refractivity (Wildman–Crippen MR) is 94.9 cm³/mol. The Hall–Kier alpha value is -2.42. The number of hydrogen-bond donors (Lipinski definition) is 1. The van der Waals surface area contributed by atoms with Gasteiger partial charge in [0.05, 0.1) is 10.7 Å². The number of nitrogens with one attached hydrogen (secondary N) is 1. The SMILES string of the molecule is Cc1cc(NC(=O)CSc2nnc(C3CC3)n2C)c([N+](=O)[O-])cc1C. The molecular formula is C16H19N5O3S. The molecular weight excluding hydrogens is 342 g/mol. The van der Waals surface area contributed by atoms with Gasteiger partial charge in [-0.3, -0.25) is 14.9 Å². The van der Waals surface area contributed by atoms with E-state index in [-0.39, 0.29) is 23.0 Å². The second-order valence-electron chi connectivity index (χ2n) is 6.22. The van der Waals surface area contributed by atoms with Gasteiger partial charge >= 0.3 is 0 Å². The molecule has 2 aromatic rings. The number of rotatable bonds is 6. The van der Waals surface area contributed by atoms with Crippen LogP contribution in [0.2, 0.25) is 0 Å². The Bertz CT molecular complexity index is 845. The number of hydrogen-bond acceptors (Lipinski definition) is 6. The first-order valence-corrected chi connectivity index (χ1v) is 8.93. The Balaban J connectivity index is 1.67. The average Bonchev–Trinajstić information content (AvgIpc) is 3.32. The van der Waals surface area contributed by atoms with Crippen molar-refractivity contribution >= 4 is 29.0 Å². The lowest BCUT2D eigenvalue weighted by Crippen LogP contribution is -2.16. The first kappa shape index (κ1) is 17.4. The Kier molecular flexibility index (Phi) is 4.76. The Labute approximate surface area is 149 Å². The first-order chi connectivity index (χ1) is 11.9. The number of carbonyl (C=O) groups is 1. The number of aryl methyl sites for hydroxylation is 2. The van der Waals surface area contributed by atoms with Crippen LogP contribution in [-0.4, -0.2) is 31.3 Å². The van der Waals surface area contributed by atoms with E-state index < -0.39 is 4.92 Å². The fourth-order valence-electron chi connectivity index (χ4n) is 2.52. The van der Waals surface area contributed by atoms with Gasteiger partial charge < -0.3 is 9.88 Å². The van der Waals surface area contributed by atoms with E-state index in [0.717, 1.165) is 29.8 Å². The molecule has 0 radical (unpaired) electrons. The maximum atomic E-state index is 12.2. The van der Waals surface area contributed by atoms with Gasteiger partial charge in [-0.2, -0.15) is 0 Å². The van der Waals surface area contributed by atoms with Crippen molar-refractivity contribution in [1.82, 2.24) is 14.8 Å². The number of nitrogens with zero attached hydrogens (tertiary/aromatic N) is 4. The number of nitro groups is 1. The van der Waals surface area contributed by atoms with E-state index in [2.05, 4.69) is 15.5 Å². The van der Waals surface area contributed by atoms with Gasteiger partial charge in [0.2, 0.25) is 5.91 Å². The first-order valence-electron chi connectivity index (χ1n) is 7.94. The zero-order valence-electron chi connectivity index (χ0n) is 14.3. The standard InChI is InChI=1S/C16H19N5O3S/c1-9-6-12(13(21(23)24)7-10(9)2)17-14(22)8-25-16-19-18-15(20(16)3)11-4-5-11/h6-7,11H,4-5,8H2,1-3H3,(H,17,22). The van der Waals surface area contributed by atoms with E-state index >= 15 is 0 Å². The highest BCUT2D eigenvalue weighted by molar-refractivity contribution is 7.99. The molecule has 0 spiro atoms. The number of carbonyl (C=O) groups excluding carboxylic acids is 1. The molecule has 9 heteroatoms. The number of thioether (sulfide) groups is 1. The van der Waals surface area contributed by atoms with E-state index in [4.69, 9.17) is 0 Å². The molecule has 25 heavy (non-hydrogen) atoms. The van der Waals surface area contributed by atoms with Crippen molar-refractivity contribution in [2.75, 3.05) is 11.1 Å². The molecule has 1 aromatic carbocycles. The Morgan fingerprint density at radius 2 is 2.04 bits per heavy atom. The fraction of sp³-hybridized carbons (Fsp3) is 0.438. The van der Waals surface area contributed by atoms with Crippen molar-refractivity contribution in [3.63, 3.8) is 0 Å². The lowest BCUT2D eigenvalue weighted by Gasteiger charge is -2.09. The highest BCUT2D eigenvalue weighted by Crippen LogP contribution is 2.39. The van der Waals surface area contributed by atoms with Crippen LogP contribution in [0.1, 0.15) is 35.7 Å². The number of anilines is 1. The summed E-state index contributed by atoms with van der Waals surface area (Å²) in [6, 6.07) is 3.10. The monoisotopic (exact) mass is 361 g/mol. The Morgan fingerprint density at radius 3 is 2.68 bits per heavy atom. The zero-order valence-corrected chi connectivity index (χ0v) is 15.1. The van der Waals surface area contributed by atoms with Crippen molar-refractivity contribution in [3.05, 3.63) is 39.2 Å². The van der Waals surface area contributed by atoms with Crippen molar-refractivity contribution in [3.8, 4) is 0 Å². The molecule has 1 aromatic heterocycles. The molecule has 0 saturated heterocycles. The lowest BCUT2D eigenvalue weighted by atomic mass is 10.1. The Morgan fingerprint density at radius 1 is 1.36 bits per heavy atom. The molecule has 1 N–H and O–H groups in total. The van der Waals surface area contributed by atoms with Crippen LogP contribution in [0.3, 0.4) is 0 Å². The maximum Gasteiger partial charge on any atom is 0.293 e. The minimum Gasteiger partial charge on any atom is -0.320 e. The van der Waals surface area contributed by atoms with Crippen LogP contribution < -0.4 is 5.32 Å². The van der Waals surface area contributed by atoms with E-state index in [1.165, 1.54) is 17.8 Å². The third kappa shape index (κ3) is 3.81. The van der Waals surface area contributed by atoms with E-state index in [1.807, 2.05) is 18.5 Å². The molecule has 3 rings (SSSR count). The average molecular weight is 361 g/mol. The van der Waals surface area contributed by atoms with Crippen molar-refractivity contribution in [1.29, 1.82) is 0 Å². The molecule has 1 amide bonds. The lowest BCUT2D eigenvalue weighted by molar-refractivity contribution is -0.384. The zero-order chi connectivity index (χ0) is 18.1. The van der Waals surface area contributed by atoms with Gasteiger partial charge in [-0.25, -0.2) is 0 Å². The molecule has 1 saturated carbocycles. The quantitative estimate of drug-likeness (QED) is 0.482. The second-order valence-corrected chi connectivity index (χ2v) is 7.16. The third-order valence-electron chi connectivity index (χ3n) is 4.23. The summed E-state index contributed by atoms with van der Waals surface area (Å²) in [6.07, 6.45) is 2.27. The van der Waals surface area contributed by atoms with E-state index in [1.54, 1.807) is 13.0 Å². The van der Waals surface area contributed by atoms with Gasteiger partial charge in [0.1, 0.15) is 11.5 Å². The van der Waals surface area contributed by atoms with Crippen LogP contribution in [0.15, 0.2) is 17.3 Å². The molecule has 132 valence electrons. The number of amides is 1. The summed E-state index contributed by atoms with van der Waals surface area (Å²) in [5, 5.41) is 22.8. The van der Waals surface area contributed by atoms with Gasteiger partial charge in [-0.1, -0.05) is 11.8 Å². The molecule has 0 aliphatic heterocycles. The van der Waals surface area contributed by atoms with Gasteiger partial charge in [0.15, 0.2) is 5.16 Å². The summed E-state index contributed by atoms with van der Waals surface area (Å²) in [4.78, 5) is 22.9. The summed E-state index contributed by atoms with van der Waals surface area (Å²) in [7, 11) is 1.89. The largest absolute Gasteiger partial charge is 0.320 e. The minimum atomic E-state index is -0.486. The van der Waals surface area contributed by atoms with Gasteiger partial charge in [-0.15, -0.1) is 10.2 Å². The number of aromatic nitrogens is 3. The summed E-state index contributed by atoms with van der Waals surface area (Å²) in [5.41, 5.74) is 1.81. The predicted octanol–water partition coefficient (Wildman–Crippen LogP) is 2.95. The summed E-state index contributed by atoms with van der Waals surface area (Å²) in [5.74, 6) is 1.24. The van der Waals surface area contributed by atoms with Gasteiger partial charge in [0.25, 0.3) is 5.69 Å². The van der Waals surface area contributed by atoms with Gasteiger partial charge in [0, 0.05) is 19.0 Å². The number of nitro benzene ring substituents is 1. The van der Waals surface area contributed by atoms with Crippen LogP contribution in [0.5, 0.6) is 0 Å². The third-order valence-corrected chi connectivity index (χ3v) is 5.25. The topological polar surface area (TPSA) is 103 Å². The summed E-state index contributed by atoms with van der Waals surface area (Å²) >= 11 is 1.27. The smallest absolute Gasteiger partial charge is 0.293 e. The summed E-state index contributed by atoms with van der Waals surface area (Å²) < 4.78 is 1.91. The van der Waals surface area contributed by atoms with Crippen molar-refractivity contribution < 1.29 is 9.72 Å². The van der Waals surface area contributed by atoms with Crippen molar-refractivity contribution in [2.24, 2.45) is 7.05 Å². The molecule has 1 aliphatic carbocycles. The summed E-state index contributed by atoms with van der Waals surface area (Å²) in [6.45, 7) is 3.65. The highest BCUT2D eigenvalue weighted by atomic mass is 32.2. The normalized spacial score (nSPS) is 13.7. The van der Waals surface area contributed by atoms with Crippen LogP contribution >= 0.6 is 11.8 Å². The maximum absolute atomic E-state index is 12.2. The molecule has 0 unspecified atom stereocenters. The molecule has 1 heterocycles. The van der Waals surface area contributed by atoms with Gasteiger partial charge in [-0.05, 0) is 43.9 Å². The molecule has 0 atom stereocenters. The fourth-order valence-corrected chi connectivity index (χ4v) is 3.24. The van der Waals surface area contributed by atoms with Crippen LogP contribution in [0.4, 0.5) is 11.4 Å². The molecule has 1 fully saturated rings. The number of benzene rings is 1. The van der Waals surface area contributed by atoms with Crippen LogP contribution in [0, 0.1) is 24.0 Å². The van der Waals surface area contributed by atoms with Crippen LogP contribution in [-0.2, 0) is 11.8 Å². The molecule has 8 nitrogen and oxygen atoms in total. The van der Waals surface area contributed by atoms with Crippen LogP contribution in [0.25, 0.3) is 0 Å². The second kappa shape index (κ2) is 6.83.